The lowest BCUT2D eigenvalue weighted by atomic mass is 10.1. The number of nitrogens with zero attached hydrogens (tertiary/aromatic N) is 5. The van der Waals surface area contributed by atoms with Crippen molar-refractivity contribution in [3.8, 4) is 0 Å². The van der Waals surface area contributed by atoms with Crippen LogP contribution >= 0.6 is 0 Å². The number of anilines is 1. The summed E-state index contributed by atoms with van der Waals surface area (Å²) in [6, 6.07) is 8.61. The molecule has 2 aromatic rings. The van der Waals surface area contributed by atoms with Crippen molar-refractivity contribution < 1.29 is 9.53 Å². The minimum atomic E-state index is -0.407. The molecule has 2 heterocycles. The number of para-hydroxylation sites is 1. The van der Waals surface area contributed by atoms with Gasteiger partial charge in [0, 0.05) is 38.4 Å². The first-order chi connectivity index (χ1) is 13.2. The van der Waals surface area contributed by atoms with Crippen LogP contribution < -0.4 is 4.90 Å². The predicted molar refractivity (Wildman–Crippen MR) is 105 cm³/mol. The number of aryl methyl sites for hydroxylation is 2. The summed E-state index contributed by atoms with van der Waals surface area (Å²) in [5, 5.41) is 7.87. The largest absolute Gasteiger partial charge is 0.461 e. The van der Waals surface area contributed by atoms with Gasteiger partial charge >= 0.3 is 5.97 Å². The molecule has 1 fully saturated rings. The van der Waals surface area contributed by atoms with E-state index >= 15 is 0 Å². The second-order valence-corrected chi connectivity index (χ2v) is 6.91. The molecule has 0 bridgehead atoms. The van der Waals surface area contributed by atoms with Gasteiger partial charge in [0.15, 0.2) is 5.69 Å². The standard InChI is InChI=1S/C20H29N5O2/c1-3-27-20(26)18-16-25(22-21-18)11-7-6-10-23-12-14-24(15-13-23)19-9-5-4-8-17(19)2/h4-5,8-9,16H,3,6-7,10-15H2,1-2H3. The third-order valence-electron chi connectivity index (χ3n) is 4.96. The zero-order chi connectivity index (χ0) is 19.1. The van der Waals surface area contributed by atoms with Crippen LogP contribution in [-0.2, 0) is 11.3 Å². The Morgan fingerprint density at radius 2 is 1.85 bits per heavy atom. The average Bonchev–Trinajstić information content (AvgIpc) is 3.16. The van der Waals surface area contributed by atoms with Gasteiger partial charge in [0.1, 0.15) is 0 Å². The molecule has 1 aliphatic heterocycles. The molecule has 0 spiro atoms. The number of carbonyl (C=O) groups is 1. The van der Waals surface area contributed by atoms with Crippen molar-refractivity contribution in [1.82, 2.24) is 19.9 Å². The average molecular weight is 371 g/mol. The van der Waals surface area contributed by atoms with Crippen LogP contribution in [0.4, 0.5) is 5.69 Å². The lowest BCUT2D eigenvalue weighted by Crippen LogP contribution is -2.46. The summed E-state index contributed by atoms with van der Waals surface area (Å²) in [5.41, 5.74) is 2.99. The Labute approximate surface area is 160 Å². The molecule has 1 saturated heterocycles. The molecule has 0 unspecified atom stereocenters. The van der Waals surface area contributed by atoms with Gasteiger partial charge in [-0.1, -0.05) is 23.4 Å². The van der Waals surface area contributed by atoms with Crippen molar-refractivity contribution in [3.05, 3.63) is 41.7 Å². The Kier molecular flexibility index (Phi) is 6.81. The van der Waals surface area contributed by atoms with Crippen molar-refractivity contribution in [1.29, 1.82) is 0 Å². The number of carbonyl (C=O) groups excluding carboxylic acids is 1. The van der Waals surface area contributed by atoms with E-state index < -0.39 is 5.97 Å². The fourth-order valence-electron chi connectivity index (χ4n) is 3.45. The summed E-state index contributed by atoms with van der Waals surface area (Å²) in [7, 11) is 0. The number of hydrogen-bond acceptors (Lipinski definition) is 6. The number of esters is 1. The first kappa shape index (κ1) is 19.4. The van der Waals surface area contributed by atoms with E-state index in [2.05, 4.69) is 51.3 Å². The highest BCUT2D eigenvalue weighted by Crippen LogP contribution is 2.20. The van der Waals surface area contributed by atoms with Crippen LogP contribution in [0.15, 0.2) is 30.5 Å². The molecular weight excluding hydrogens is 342 g/mol. The SMILES string of the molecule is CCOC(=O)c1cn(CCCCN2CCN(c3ccccc3C)CC2)nn1. The first-order valence-electron chi connectivity index (χ1n) is 9.77. The van der Waals surface area contributed by atoms with Crippen molar-refractivity contribution in [2.24, 2.45) is 0 Å². The molecular formula is C20H29N5O2. The van der Waals surface area contributed by atoms with Gasteiger partial charge in [-0.15, -0.1) is 5.10 Å². The van der Waals surface area contributed by atoms with Crippen LogP contribution in [0.25, 0.3) is 0 Å². The van der Waals surface area contributed by atoms with Gasteiger partial charge in [-0.25, -0.2) is 4.79 Å². The Morgan fingerprint density at radius 1 is 1.11 bits per heavy atom. The normalized spacial score (nSPS) is 15.1. The molecule has 1 aromatic heterocycles. The molecule has 0 N–H and O–H groups in total. The highest BCUT2D eigenvalue weighted by molar-refractivity contribution is 5.86. The summed E-state index contributed by atoms with van der Waals surface area (Å²) in [4.78, 5) is 16.6. The molecule has 7 heteroatoms. The van der Waals surface area contributed by atoms with Gasteiger partial charge < -0.3 is 9.64 Å². The Hall–Kier alpha value is -2.41. The van der Waals surface area contributed by atoms with Crippen LogP contribution in [0, 0.1) is 6.92 Å². The van der Waals surface area contributed by atoms with Crippen molar-refractivity contribution in [3.63, 3.8) is 0 Å². The fourth-order valence-corrected chi connectivity index (χ4v) is 3.45. The maximum Gasteiger partial charge on any atom is 0.360 e. The van der Waals surface area contributed by atoms with Gasteiger partial charge in [0.2, 0.25) is 0 Å². The van der Waals surface area contributed by atoms with Crippen molar-refractivity contribution >= 4 is 11.7 Å². The number of aromatic nitrogens is 3. The third-order valence-corrected chi connectivity index (χ3v) is 4.96. The number of unbranched alkanes of at least 4 members (excludes halogenated alkanes) is 1. The van der Waals surface area contributed by atoms with E-state index in [0.29, 0.717) is 6.61 Å². The smallest absolute Gasteiger partial charge is 0.360 e. The van der Waals surface area contributed by atoms with E-state index in [1.165, 1.54) is 11.3 Å². The van der Waals surface area contributed by atoms with E-state index in [9.17, 15) is 4.79 Å². The third kappa shape index (κ3) is 5.29. The van der Waals surface area contributed by atoms with E-state index in [1.54, 1.807) is 17.8 Å². The molecule has 0 saturated carbocycles. The fraction of sp³-hybridized carbons (Fsp3) is 0.550. The number of hydrogen-bond donors (Lipinski definition) is 0. The lowest BCUT2D eigenvalue weighted by Gasteiger charge is -2.36. The minimum Gasteiger partial charge on any atom is -0.461 e. The van der Waals surface area contributed by atoms with Crippen molar-refractivity contribution in [2.75, 3.05) is 44.2 Å². The van der Waals surface area contributed by atoms with Gasteiger partial charge in [-0.05, 0) is 44.9 Å². The minimum absolute atomic E-state index is 0.282. The molecule has 1 aliphatic rings. The van der Waals surface area contributed by atoms with Crippen LogP contribution in [-0.4, -0.2) is 65.2 Å². The summed E-state index contributed by atoms with van der Waals surface area (Å²) in [6.45, 7) is 10.5. The Balaban J connectivity index is 1.35. The maximum atomic E-state index is 11.6. The van der Waals surface area contributed by atoms with E-state index in [1.807, 2.05) is 0 Å². The molecule has 1 aromatic carbocycles. The lowest BCUT2D eigenvalue weighted by molar-refractivity contribution is 0.0519. The monoisotopic (exact) mass is 371 g/mol. The van der Waals surface area contributed by atoms with Gasteiger partial charge in [0.05, 0.1) is 12.8 Å². The van der Waals surface area contributed by atoms with Gasteiger partial charge in [-0.3, -0.25) is 9.58 Å². The predicted octanol–water partition coefficient (Wildman–Crippen LogP) is 2.37. The van der Waals surface area contributed by atoms with Crippen molar-refractivity contribution in [2.45, 2.75) is 33.2 Å². The second kappa shape index (κ2) is 9.50. The number of piperazine rings is 1. The first-order valence-corrected chi connectivity index (χ1v) is 9.77. The number of benzene rings is 1. The molecule has 0 atom stereocenters. The quantitative estimate of drug-likeness (QED) is 0.524. The van der Waals surface area contributed by atoms with Gasteiger partial charge in [-0.2, -0.15) is 0 Å². The maximum absolute atomic E-state index is 11.6. The summed E-state index contributed by atoms with van der Waals surface area (Å²) in [6.07, 6.45) is 3.79. The van der Waals surface area contributed by atoms with Crippen LogP contribution in [0.2, 0.25) is 0 Å². The van der Waals surface area contributed by atoms with E-state index in [0.717, 1.165) is 52.1 Å². The number of ether oxygens (including phenoxy) is 1. The van der Waals surface area contributed by atoms with E-state index in [-0.39, 0.29) is 5.69 Å². The summed E-state index contributed by atoms with van der Waals surface area (Å²) in [5.74, 6) is -0.407. The van der Waals surface area contributed by atoms with E-state index in [4.69, 9.17) is 4.74 Å². The molecule has 27 heavy (non-hydrogen) atoms. The summed E-state index contributed by atoms with van der Waals surface area (Å²) >= 11 is 0. The number of rotatable bonds is 8. The molecule has 146 valence electrons. The molecule has 0 amide bonds. The van der Waals surface area contributed by atoms with Crippen LogP contribution in [0.3, 0.4) is 0 Å². The topological polar surface area (TPSA) is 63.5 Å². The van der Waals surface area contributed by atoms with Gasteiger partial charge in [0.25, 0.3) is 0 Å². The van der Waals surface area contributed by atoms with Crippen LogP contribution in [0.1, 0.15) is 35.8 Å². The Bertz CT molecular complexity index is 737. The highest BCUT2D eigenvalue weighted by atomic mass is 16.5. The van der Waals surface area contributed by atoms with Crippen LogP contribution in [0.5, 0.6) is 0 Å². The highest BCUT2D eigenvalue weighted by Gasteiger charge is 2.17. The molecule has 7 nitrogen and oxygen atoms in total. The molecule has 3 rings (SSSR count). The zero-order valence-electron chi connectivity index (χ0n) is 16.3. The summed E-state index contributed by atoms with van der Waals surface area (Å²) < 4.78 is 6.65. The molecule has 0 radical (unpaired) electrons. The Morgan fingerprint density at radius 3 is 2.59 bits per heavy atom. The second-order valence-electron chi connectivity index (χ2n) is 6.91. The molecule has 0 aliphatic carbocycles. The zero-order valence-corrected chi connectivity index (χ0v) is 16.3.